The predicted octanol–water partition coefficient (Wildman–Crippen LogP) is 4.09. The number of benzene rings is 2. The summed E-state index contributed by atoms with van der Waals surface area (Å²) in [6, 6.07) is 14.3. The van der Waals surface area contributed by atoms with Gasteiger partial charge >= 0.3 is 0 Å². The summed E-state index contributed by atoms with van der Waals surface area (Å²) in [7, 11) is 0. The van der Waals surface area contributed by atoms with Gasteiger partial charge in [0.25, 0.3) is 0 Å². The molecule has 0 N–H and O–H groups in total. The van der Waals surface area contributed by atoms with Gasteiger partial charge < -0.3 is 0 Å². The molecule has 2 rings (SSSR count). The maximum Gasteiger partial charge on any atom is 0.0944 e. The fourth-order valence-electron chi connectivity index (χ4n) is 1.65. The molecule has 78 valence electrons. The van der Waals surface area contributed by atoms with E-state index in [2.05, 4.69) is 43.5 Å². The van der Waals surface area contributed by atoms with Crippen LogP contribution in [0.3, 0.4) is 0 Å². The quantitative estimate of drug-likeness (QED) is 0.450. The largest absolute Gasteiger partial charge is 0.156 e. The van der Waals surface area contributed by atoms with Crippen molar-refractivity contribution in [2.45, 2.75) is 4.08 Å². The zero-order chi connectivity index (χ0) is 10.9. The van der Waals surface area contributed by atoms with E-state index < -0.39 is 4.08 Å². The van der Waals surface area contributed by atoms with E-state index in [0.29, 0.717) is 5.88 Å². The van der Waals surface area contributed by atoms with Gasteiger partial charge in [-0.25, -0.2) is 0 Å². The smallest absolute Gasteiger partial charge is 0.0944 e. The number of hydrogen-bond donors (Lipinski definition) is 2. The lowest BCUT2D eigenvalue weighted by atomic mass is 10.0. The number of halogens is 1. The van der Waals surface area contributed by atoms with Gasteiger partial charge in [0, 0.05) is 0 Å². The minimum Gasteiger partial charge on any atom is -0.156 e. The third-order valence-electron chi connectivity index (χ3n) is 2.41. The summed E-state index contributed by atoms with van der Waals surface area (Å²) in [4.78, 5) is 0. The van der Waals surface area contributed by atoms with Gasteiger partial charge in [-0.15, -0.1) is 11.6 Å². The van der Waals surface area contributed by atoms with Crippen LogP contribution in [0.4, 0.5) is 0 Å². The highest BCUT2D eigenvalue weighted by Crippen LogP contribution is 2.38. The Morgan fingerprint density at radius 3 is 2.40 bits per heavy atom. The predicted molar refractivity (Wildman–Crippen MR) is 74.3 cm³/mol. The molecule has 0 bridgehead atoms. The molecule has 0 heterocycles. The molecule has 0 nitrogen and oxygen atoms in total. The van der Waals surface area contributed by atoms with E-state index >= 15 is 0 Å². The second kappa shape index (κ2) is 4.28. The summed E-state index contributed by atoms with van der Waals surface area (Å²) in [5.41, 5.74) is 1.06. The van der Waals surface area contributed by atoms with Crippen molar-refractivity contribution in [3.8, 4) is 0 Å². The van der Waals surface area contributed by atoms with Gasteiger partial charge in [0.2, 0.25) is 0 Å². The van der Waals surface area contributed by atoms with Crippen LogP contribution in [-0.2, 0) is 4.08 Å². The van der Waals surface area contributed by atoms with E-state index in [-0.39, 0.29) is 0 Å². The van der Waals surface area contributed by atoms with E-state index in [4.69, 9.17) is 11.6 Å². The van der Waals surface area contributed by atoms with Crippen LogP contribution < -0.4 is 0 Å². The molecule has 0 radical (unpaired) electrons. The van der Waals surface area contributed by atoms with Crippen LogP contribution >= 0.6 is 36.9 Å². The number of fused-ring (bicyclic) bond motifs is 1. The maximum absolute atomic E-state index is 5.88. The fourth-order valence-corrected chi connectivity index (χ4v) is 2.18. The molecule has 0 spiro atoms. The van der Waals surface area contributed by atoms with Crippen LogP contribution in [0.2, 0.25) is 0 Å². The summed E-state index contributed by atoms with van der Waals surface area (Å²) < 4.78 is -0.581. The minimum absolute atomic E-state index is 0.368. The Morgan fingerprint density at radius 2 is 1.67 bits per heavy atom. The van der Waals surface area contributed by atoms with Crippen molar-refractivity contribution in [3.63, 3.8) is 0 Å². The van der Waals surface area contributed by atoms with Gasteiger partial charge in [-0.1, -0.05) is 42.5 Å². The molecule has 2 aromatic rings. The Hall–Kier alpha value is -0.310. The van der Waals surface area contributed by atoms with E-state index in [1.165, 1.54) is 5.39 Å². The molecule has 0 aliphatic heterocycles. The number of alkyl halides is 1. The van der Waals surface area contributed by atoms with Crippen molar-refractivity contribution in [2.75, 3.05) is 5.88 Å². The zero-order valence-electron chi connectivity index (χ0n) is 8.02. The van der Waals surface area contributed by atoms with Gasteiger partial charge in [0.05, 0.1) is 9.96 Å². The first-order valence-electron chi connectivity index (χ1n) is 4.64. The topological polar surface area (TPSA) is 0 Å². The standard InChI is InChI=1S/C12H11ClS2/c13-8-12(14,15)11-7-3-5-9-4-1-2-6-10(9)11/h1-7,14-15H,8H2. The maximum atomic E-state index is 5.88. The molecule has 0 unspecified atom stereocenters. The van der Waals surface area contributed by atoms with E-state index in [1.54, 1.807) is 0 Å². The molecule has 15 heavy (non-hydrogen) atoms. The molecule has 0 aromatic heterocycles. The second-order valence-electron chi connectivity index (χ2n) is 3.48. The zero-order valence-corrected chi connectivity index (χ0v) is 10.6. The summed E-state index contributed by atoms with van der Waals surface area (Å²) in [6.07, 6.45) is 0. The highest BCUT2D eigenvalue weighted by Gasteiger charge is 2.23. The Balaban J connectivity index is 2.71. The lowest BCUT2D eigenvalue weighted by Crippen LogP contribution is -2.12. The van der Waals surface area contributed by atoms with Crippen molar-refractivity contribution < 1.29 is 0 Å². The van der Waals surface area contributed by atoms with Crippen molar-refractivity contribution in [1.29, 1.82) is 0 Å². The molecule has 0 aliphatic rings. The highest BCUT2D eigenvalue weighted by atomic mass is 35.5. The Morgan fingerprint density at radius 1 is 1.00 bits per heavy atom. The molecular formula is C12H11ClS2. The Labute approximate surface area is 105 Å². The monoisotopic (exact) mass is 254 g/mol. The van der Waals surface area contributed by atoms with Gasteiger partial charge in [0.1, 0.15) is 0 Å². The molecular weight excluding hydrogens is 244 g/mol. The molecule has 2 aromatic carbocycles. The van der Waals surface area contributed by atoms with Crippen LogP contribution in [-0.4, -0.2) is 5.88 Å². The van der Waals surface area contributed by atoms with E-state index in [1.807, 2.05) is 24.3 Å². The average molecular weight is 255 g/mol. The number of rotatable bonds is 2. The molecule has 0 saturated heterocycles. The lowest BCUT2D eigenvalue weighted by Gasteiger charge is -2.21. The first-order valence-corrected chi connectivity index (χ1v) is 6.07. The molecule has 0 fully saturated rings. The van der Waals surface area contributed by atoms with Crippen LogP contribution in [0.25, 0.3) is 10.8 Å². The molecule has 0 amide bonds. The molecule has 0 saturated carbocycles. The molecule has 0 atom stereocenters. The first-order chi connectivity index (χ1) is 7.15. The van der Waals surface area contributed by atoms with Gasteiger partial charge in [-0.05, 0) is 16.3 Å². The van der Waals surface area contributed by atoms with Crippen LogP contribution in [0, 0.1) is 0 Å². The normalized spacial score (nSPS) is 11.9. The molecule has 0 aliphatic carbocycles. The fraction of sp³-hybridized carbons (Fsp3) is 0.167. The van der Waals surface area contributed by atoms with Crippen LogP contribution in [0.5, 0.6) is 0 Å². The second-order valence-corrected chi connectivity index (χ2v) is 5.62. The van der Waals surface area contributed by atoms with Crippen molar-refractivity contribution in [2.24, 2.45) is 0 Å². The summed E-state index contributed by atoms with van der Waals surface area (Å²) in [5, 5.41) is 2.35. The summed E-state index contributed by atoms with van der Waals surface area (Å²) in [5.74, 6) is 0.368. The molecule has 3 heteroatoms. The number of hydrogen-bond acceptors (Lipinski definition) is 2. The summed E-state index contributed by atoms with van der Waals surface area (Å²) in [6.45, 7) is 0. The van der Waals surface area contributed by atoms with Crippen molar-refractivity contribution in [3.05, 3.63) is 48.0 Å². The lowest BCUT2D eigenvalue weighted by molar-refractivity contribution is 1.06. The SMILES string of the molecule is SC(S)(CCl)c1cccc2ccccc12. The van der Waals surface area contributed by atoms with Crippen molar-refractivity contribution >= 4 is 47.6 Å². The van der Waals surface area contributed by atoms with Crippen LogP contribution in [0.15, 0.2) is 42.5 Å². The van der Waals surface area contributed by atoms with E-state index in [0.717, 1.165) is 10.9 Å². The average Bonchev–Trinajstić information content (AvgIpc) is 2.28. The van der Waals surface area contributed by atoms with E-state index in [9.17, 15) is 0 Å². The Kier molecular flexibility index (Phi) is 3.19. The van der Waals surface area contributed by atoms with Gasteiger partial charge in [-0.3, -0.25) is 0 Å². The van der Waals surface area contributed by atoms with Crippen molar-refractivity contribution in [1.82, 2.24) is 0 Å². The number of thiol groups is 2. The minimum atomic E-state index is -0.581. The highest BCUT2D eigenvalue weighted by molar-refractivity contribution is 8.00. The Bertz CT molecular complexity index is 475. The first kappa shape index (κ1) is 11.2. The third-order valence-corrected chi connectivity index (χ3v) is 3.98. The van der Waals surface area contributed by atoms with Gasteiger partial charge in [-0.2, -0.15) is 25.3 Å². The van der Waals surface area contributed by atoms with Crippen LogP contribution in [0.1, 0.15) is 5.56 Å². The third kappa shape index (κ3) is 2.12. The summed E-state index contributed by atoms with van der Waals surface area (Å²) >= 11 is 14.8. The van der Waals surface area contributed by atoms with Gasteiger partial charge in [0.15, 0.2) is 0 Å².